The Morgan fingerprint density at radius 3 is 2.93 bits per heavy atom. The predicted octanol–water partition coefficient (Wildman–Crippen LogP) is 1.92. The highest BCUT2D eigenvalue weighted by Gasteiger charge is 2.12. The van der Waals surface area contributed by atoms with Crippen molar-refractivity contribution >= 4 is 11.3 Å². The summed E-state index contributed by atoms with van der Waals surface area (Å²) in [6, 6.07) is 1.27. The molecule has 1 atom stereocenters. The summed E-state index contributed by atoms with van der Waals surface area (Å²) < 4.78 is 13.3. The molecule has 0 bridgehead atoms. The van der Waals surface area contributed by atoms with E-state index in [0.717, 1.165) is 4.88 Å². The molecule has 0 aliphatic heterocycles. The van der Waals surface area contributed by atoms with Gasteiger partial charge in [0.05, 0.1) is 11.7 Å². The van der Waals surface area contributed by atoms with Crippen molar-refractivity contribution < 1.29 is 4.39 Å². The number of nitrogens with zero attached hydrogens (tertiary/aromatic N) is 2. The summed E-state index contributed by atoms with van der Waals surface area (Å²) in [7, 11) is 0. The van der Waals surface area contributed by atoms with Gasteiger partial charge < -0.3 is 5.73 Å². The van der Waals surface area contributed by atoms with Gasteiger partial charge in [0.1, 0.15) is 5.82 Å². The molecule has 2 aromatic heterocycles. The highest BCUT2D eigenvalue weighted by molar-refractivity contribution is 7.09. The first kappa shape index (κ1) is 10.2. The quantitative estimate of drug-likeness (QED) is 0.864. The van der Waals surface area contributed by atoms with Crippen LogP contribution in [-0.4, -0.2) is 9.97 Å². The van der Waals surface area contributed by atoms with Crippen LogP contribution in [0.5, 0.6) is 0 Å². The standard InChI is InChI=1S/C10H10FN3S/c11-9-5-13-2-1-8(9)10(12)3-7-4-14-6-15-7/h1-2,4-6,10H,3,12H2. The van der Waals surface area contributed by atoms with Gasteiger partial charge in [0.2, 0.25) is 0 Å². The Kier molecular flexibility index (Phi) is 3.03. The van der Waals surface area contributed by atoms with Crippen LogP contribution in [0.15, 0.2) is 30.2 Å². The Balaban J connectivity index is 2.15. The Morgan fingerprint density at radius 1 is 1.40 bits per heavy atom. The van der Waals surface area contributed by atoms with Crippen molar-refractivity contribution in [1.29, 1.82) is 0 Å². The van der Waals surface area contributed by atoms with Crippen molar-refractivity contribution in [3.8, 4) is 0 Å². The number of halogens is 1. The fraction of sp³-hybridized carbons (Fsp3) is 0.200. The average molecular weight is 223 g/mol. The van der Waals surface area contributed by atoms with Crippen molar-refractivity contribution in [3.63, 3.8) is 0 Å². The molecule has 0 fully saturated rings. The topological polar surface area (TPSA) is 51.8 Å². The molecule has 15 heavy (non-hydrogen) atoms. The second-order valence-electron chi connectivity index (χ2n) is 3.18. The predicted molar refractivity (Wildman–Crippen MR) is 56.9 cm³/mol. The molecule has 0 aliphatic rings. The summed E-state index contributed by atoms with van der Waals surface area (Å²) in [4.78, 5) is 8.69. The van der Waals surface area contributed by atoms with Gasteiger partial charge in [-0.15, -0.1) is 11.3 Å². The molecule has 0 saturated heterocycles. The maximum atomic E-state index is 13.3. The van der Waals surface area contributed by atoms with E-state index in [-0.39, 0.29) is 11.9 Å². The van der Waals surface area contributed by atoms with Crippen molar-refractivity contribution in [3.05, 3.63) is 46.4 Å². The zero-order valence-corrected chi connectivity index (χ0v) is 8.75. The van der Waals surface area contributed by atoms with Gasteiger partial charge in [-0.1, -0.05) is 0 Å². The Morgan fingerprint density at radius 2 is 2.27 bits per heavy atom. The Bertz CT molecular complexity index is 430. The fourth-order valence-corrected chi connectivity index (χ4v) is 2.01. The first-order chi connectivity index (χ1) is 7.27. The van der Waals surface area contributed by atoms with Gasteiger partial charge in [0, 0.05) is 35.3 Å². The smallest absolute Gasteiger partial charge is 0.146 e. The minimum Gasteiger partial charge on any atom is -0.324 e. The number of rotatable bonds is 3. The summed E-state index contributed by atoms with van der Waals surface area (Å²) in [5.41, 5.74) is 8.14. The number of aromatic nitrogens is 2. The molecule has 2 heterocycles. The molecular weight excluding hydrogens is 213 g/mol. The highest BCUT2D eigenvalue weighted by Crippen LogP contribution is 2.19. The van der Waals surface area contributed by atoms with Crippen molar-refractivity contribution in [2.24, 2.45) is 5.73 Å². The largest absolute Gasteiger partial charge is 0.324 e. The van der Waals surface area contributed by atoms with E-state index in [0.29, 0.717) is 12.0 Å². The van der Waals surface area contributed by atoms with E-state index >= 15 is 0 Å². The molecule has 2 rings (SSSR count). The molecule has 78 valence electrons. The first-order valence-corrected chi connectivity index (χ1v) is 5.37. The fourth-order valence-electron chi connectivity index (χ4n) is 1.36. The third-order valence-electron chi connectivity index (χ3n) is 2.11. The van der Waals surface area contributed by atoms with E-state index in [9.17, 15) is 4.39 Å². The van der Waals surface area contributed by atoms with Crippen molar-refractivity contribution in [2.45, 2.75) is 12.5 Å². The van der Waals surface area contributed by atoms with E-state index < -0.39 is 0 Å². The SMILES string of the molecule is NC(Cc1cncs1)c1ccncc1F. The minimum atomic E-state index is -0.352. The van der Waals surface area contributed by atoms with Crippen molar-refractivity contribution in [1.82, 2.24) is 9.97 Å². The molecule has 1 unspecified atom stereocenters. The summed E-state index contributed by atoms with van der Waals surface area (Å²) in [6.07, 6.45) is 5.09. The summed E-state index contributed by atoms with van der Waals surface area (Å²) in [6.45, 7) is 0. The lowest BCUT2D eigenvalue weighted by Crippen LogP contribution is -2.14. The summed E-state index contributed by atoms with van der Waals surface area (Å²) >= 11 is 1.52. The first-order valence-electron chi connectivity index (χ1n) is 4.49. The van der Waals surface area contributed by atoms with Crippen molar-refractivity contribution in [2.75, 3.05) is 0 Å². The van der Waals surface area contributed by atoms with Gasteiger partial charge in [-0.2, -0.15) is 0 Å². The van der Waals surface area contributed by atoms with Crippen LogP contribution in [0.1, 0.15) is 16.5 Å². The molecule has 2 aromatic rings. The molecule has 2 N–H and O–H groups in total. The summed E-state index contributed by atoms with van der Waals surface area (Å²) in [5, 5.41) is 0. The van der Waals surface area contributed by atoms with Crippen LogP contribution in [-0.2, 0) is 6.42 Å². The Labute approximate surface area is 90.8 Å². The molecule has 0 aliphatic carbocycles. The lowest BCUT2D eigenvalue weighted by Gasteiger charge is -2.10. The van der Waals surface area contributed by atoms with Crippen LogP contribution in [0, 0.1) is 5.82 Å². The normalized spacial score (nSPS) is 12.7. The molecule has 0 saturated carbocycles. The lowest BCUT2D eigenvalue weighted by atomic mass is 10.1. The molecular formula is C10H10FN3S. The maximum Gasteiger partial charge on any atom is 0.146 e. The molecule has 5 heteroatoms. The van der Waals surface area contributed by atoms with Gasteiger partial charge in [0.25, 0.3) is 0 Å². The maximum absolute atomic E-state index is 13.3. The van der Waals surface area contributed by atoms with Crippen LogP contribution in [0.25, 0.3) is 0 Å². The number of nitrogens with two attached hydrogens (primary N) is 1. The minimum absolute atomic E-state index is 0.339. The van der Waals surface area contributed by atoms with Crippen LogP contribution in [0.4, 0.5) is 4.39 Å². The van der Waals surface area contributed by atoms with Crippen LogP contribution in [0.2, 0.25) is 0 Å². The van der Waals surface area contributed by atoms with E-state index in [1.165, 1.54) is 17.5 Å². The zero-order chi connectivity index (χ0) is 10.7. The highest BCUT2D eigenvalue weighted by atomic mass is 32.1. The second-order valence-corrected chi connectivity index (χ2v) is 4.15. The number of hydrogen-bond donors (Lipinski definition) is 1. The monoisotopic (exact) mass is 223 g/mol. The Hall–Kier alpha value is -1.33. The summed E-state index contributed by atoms with van der Waals surface area (Å²) in [5.74, 6) is -0.352. The third-order valence-corrected chi connectivity index (χ3v) is 2.91. The molecule has 0 spiro atoms. The van der Waals surface area contributed by atoms with E-state index in [1.54, 1.807) is 24.0 Å². The van der Waals surface area contributed by atoms with E-state index in [2.05, 4.69) is 9.97 Å². The second kappa shape index (κ2) is 4.46. The van der Waals surface area contributed by atoms with E-state index in [1.807, 2.05) is 0 Å². The van der Waals surface area contributed by atoms with Gasteiger partial charge in [-0.25, -0.2) is 4.39 Å². The number of hydrogen-bond acceptors (Lipinski definition) is 4. The van der Waals surface area contributed by atoms with Crippen LogP contribution in [0.3, 0.4) is 0 Å². The zero-order valence-electron chi connectivity index (χ0n) is 7.93. The molecule has 0 amide bonds. The number of pyridine rings is 1. The van der Waals surface area contributed by atoms with Gasteiger partial charge in [-0.05, 0) is 6.07 Å². The lowest BCUT2D eigenvalue weighted by molar-refractivity contribution is 0.575. The average Bonchev–Trinajstić information content (AvgIpc) is 2.71. The van der Waals surface area contributed by atoms with E-state index in [4.69, 9.17) is 5.73 Å². The van der Waals surface area contributed by atoms with Gasteiger partial charge >= 0.3 is 0 Å². The molecule has 0 aromatic carbocycles. The third kappa shape index (κ3) is 2.37. The van der Waals surface area contributed by atoms with Crippen LogP contribution < -0.4 is 5.73 Å². The molecule has 3 nitrogen and oxygen atoms in total. The number of thiazole rings is 1. The molecule has 0 radical (unpaired) electrons. The van der Waals surface area contributed by atoms with Gasteiger partial charge in [0.15, 0.2) is 0 Å². The van der Waals surface area contributed by atoms with Crippen LogP contribution >= 0.6 is 11.3 Å². The van der Waals surface area contributed by atoms with Gasteiger partial charge in [-0.3, -0.25) is 9.97 Å².